The minimum atomic E-state index is 0.0698. The van der Waals surface area contributed by atoms with Crippen LogP contribution in [0.15, 0.2) is 24.3 Å². The smallest absolute Gasteiger partial charge is 0.174 e. The molecule has 0 unspecified atom stereocenters. The lowest BCUT2D eigenvalue weighted by Gasteiger charge is -2.38. The zero-order valence-corrected chi connectivity index (χ0v) is 13.4. The van der Waals surface area contributed by atoms with Crippen LogP contribution in [0.3, 0.4) is 0 Å². The van der Waals surface area contributed by atoms with Crippen molar-refractivity contribution in [2.75, 3.05) is 0 Å². The normalized spacial score (nSPS) is 18.5. The van der Waals surface area contributed by atoms with Crippen molar-refractivity contribution in [3.8, 4) is 11.6 Å². The summed E-state index contributed by atoms with van der Waals surface area (Å²) >= 11 is 0. The van der Waals surface area contributed by atoms with Crippen LogP contribution in [0.25, 0.3) is 34.8 Å². The van der Waals surface area contributed by atoms with E-state index in [0.29, 0.717) is 0 Å². The molecule has 3 aromatic rings. The zero-order valence-electron chi connectivity index (χ0n) is 13.4. The molecule has 0 radical (unpaired) electrons. The van der Waals surface area contributed by atoms with Crippen LogP contribution in [0, 0.1) is 10.8 Å². The van der Waals surface area contributed by atoms with Gasteiger partial charge in [0.1, 0.15) is 0 Å². The van der Waals surface area contributed by atoms with Gasteiger partial charge in [0.15, 0.2) is 11.6 Å². The Morgan fingerprint density at radius 2 is 1.50 bits per heavy atom. The van der Waals surface area contributed by atoms with Gasteiger partial charge in [0.2, 0.25) is 0 Å². The number of para-hydroxylation sites is 2. The predicted molar refractivity (Wildman–Crippen MR) is 89.4 cm³/mol. The molecule has 22 heavy (non-hydrogen) atoms. The van der Waals surface area contributed by atoms with Gasteiger partial charge in [-0.05, 0) is 29.0 Å². The van der Waals surface area contributed by atoms with Crippen LogP contribution in [0.5, 0.6) is 0 Å². The van der Waals surface area contributed by atoms with E-state index in [1.807, 2.05) is 24.3 Å². The molecular formula is C18H20N4. The number of imidazole rings is 2. The fourth-order valence-corrected chi connectivity index (χ4v) is 2.87. The Morgan fingerprint density at radius 1 is 0.818 bits per heavy atom. The number of nitrogens with one attached hydrogen (secondary N) is 2. The van der Waals surface area contributed by atoms with E-state index < -0.39 is 0 Å². The second-order valence-electron chi connectivity index (χ2n) is 7.22. The lowest BCUT2D eigenvalue weighted by Crippen LogP contribution is -2.41. The molecule has 0 spiro atoms. The van der Waals surface area contributed by atoms with Crippen LogP contribution in [-0.2, 0) is 0 Å². The average Bonchev–Trinajstić information content (AvgIpc) is 3.01. The van der Waals surface area contributed by atoms with Crippen molar-refractivity contribution in [2.24, 2.45) is 10.8 Å². The molecule has 112 valence electrons. The Labute approximate surface area is 129 Å². The lowest BCUT2D eigenvalue weighted by molar-refractivity contribution is 0.271. The Bertz CT molecular complexity index is 909. The van der Waals surface area contributed by atoms with Crippen LogP contribution in [0.1, 0.15) is 27.7 Å². The monoisotopic (exact) mass is 292 g/mol. The van der Waals surface area contributed by atoms with Crippen LogP contribution in [0.2, 0.25) is 0 Å². The van der Waals surface area contributed by atoms with Crippen molar-refractivity contribution in [1.82, 2.24) is 19.9 Å². The van der Waals surface area contributed by atoms with Gasteiger partial charge >= 0.3 is 0 Å². The number of aromatic nitrogens is 4. The van der Waals surface area contributed by atoms with Gasteiger partial charge in [0, 0.05) is 0 Å². The number of aromatic amines is 2. The van der Waals surface area contributed by atoms with Gasteiger partial charge in [0.25, 0.3) is 0 Å². The standard InChI is InChI=1S/C18H20N4/c1-17(2)9-13-14(10-18(17,3)4)22-16(21-13)15-19-11-7-5-6-8-12(11)20-15/h5-10H,1-4H3,(H,19,20)(H,21,22). The first kappa shape index (κ1) is 13.3. The summed E-state index contributed by atoms with van der Waals surface area (Å²) in [5.74, 6) is 1.58. The molecule has 4 rings (SSSR count). The molecule has 4 heteroatoms. The number of nitrogens with zero attached hydrogens (tertiary/aromatic N) is 2. The number of hydrogen-bond donors (Lipinski definition) is 2. The third kappa shape index (κ3) is 1.83. The average molecular weight is 292 g/mol. The maximum absolute atomic E-state index is 4.74. The summed E-state index contributed by atoms with van der Waals surface area (Å²) in [4.78, 5) is 16.1. The molecule has 2 aromatic heterocycles. The van der Waals surface area contributed by atoms with Gasteiger partial charge < -0.3 is 9.97 Å². The summed E-state index contributed by atoms with van der Waals surface area (Å²) < 4.78 is 0. The predicted octanol–water partition coefficient (Wildman–Crippen LogP) is 2.58. The summed E-state index contributed by atoms with van der Waals surface area (Å²) in [5, 5.41) is 2.10. The molecule has 1 aliphatic carbocycles. The zero-order chi connectivity index (χ0) is 15.5. The topological polar surface area (TPSA) is 57.4 Å². The highest BCUT2D eigenvalue weighted by Gasteiger charge is 2.35. The molecular weight excluding hydrogens is 272 g/mol. The summed E-state index contributed by atoms with van der Waals surface area (Å²) in [6.07, 6.45) is 4.53. The molecule has 2 N–H and O–H groups in total. The van der Waals surface area contributed by atoms with Gasteiger partial charge in [-0.15, -0.1) is 0 Å². The van der Waals surface area contributed by atoms with Crippen molar-refractivity contribution in [3.63, 3.8) is 0 Å². The number of H-pyrrole nitrogens is 2. The highest BCUT2D eigenvalue weighted by atomic mass is 15.0. The van der Waals surface area contributed by atoms with Crippen LogP contribution >= 0.6 is 0 Å². The second-order valence-corrected chi connectivity index (χ2v) is 7.22. The molecule has 4 nitrogen and oxygen atoms in total. The first-order chi connectivity index (χ1) is 10.4. The van der Waals surface area contributed by atoms with Crippen molar-refractivity contribution < 1.29 is 0 Å². The minimum absolute atomic E-state index is 0.0698. The van der Waals surface area contributed by atoms with E-state index >= 15 is 0 Å². The fraction of sp³-hybridized carbons (Fsp3) is 0.333. The van der Waals surface area contributed by atoms with E-state index in [1.54, 1.807) is 0 Å². The number of rotatable bonds is 1. The molecule has 0 saturated carbocycles. The van der Waals surface area contributed by atoms with Gasteiger partial charge in [-0.1, -0.05) is 45.9 Å². The van der Waals surface area contributed by atoms with Crippen LogP contribution in [-0.4, -0.2) is 19.9 Å². The quantitative estimate of drug-likeness (QED) is 0.724. The summed E-state index contributed by atoms with van der Waals surface area (Å²) in [7, 11) is 0. The molecule has 0 atom stereocenters. The first-order valence-corrected chi connectivity index (χ1v) is 7.63. The largest absolute Gasteiger partial charge is 0.336 e. The molecule has 0 fully saturated rings. The minimum Gasteiger partial charge on any atom is -0.336 e. The maximum Gasteiger partial charge on any atom is 0.174 e. The summed E-state index contributed by atoms with van der Waals surface area (Å²) in [6.45, 7) is 9.02. The van der Waals surface area contributed by atoms with Gasteiger partial charge in [-0.2, -0.15) is 0 Å². The van der Waals surface area contributed by atoms with Gasteiger partial charge in [-0.25, -0.2) is 9.97 Å². The van der Waals surface area contributed by atoms with E-state index in [9.17, 15) is 0 Å². The third-order valence-electron chi connectivity index (χ3n) is 5.04. The van der Waals surface area contributed by atoms with Crippen molar-refractivity contribution in [1.29, 1.82) is 0 Å². The second kappa shape index (κ2) is 4.09. The van der Waals surface area contributed by atoms with Crippen LogP contribution < -0.4 is 10.7 Å². The summed E-state index contributed by atoms with van der Waals surface area (Å²) in [5.41, 5.74) is 2.14. The lowest BCUT2D eigenvalue weighted by atomic mass is 9.66. The van der Waals surface area contributed by atoms with Crippen molar-refractivity contribution >= 4 is 23.2 Å². The molecule has 0 bridgehead atoms. The SMILES string of the molecule is CC1(C)C=c2nc(-c3nc4ccccc4[nH]3)[nH]c2=CC1(C)C. The number of fused-ring (bicyclic) bond motifs is 2. The Kier molecular flexibility index (Phi) is 2.48. The molecule has 0 saturated heterocycles. The van der Waals surface area contributed by atoms with E-state index in [1.165, 1.54) is 0 Å². The van der Waals surface area contributed by atoms with Gasteiger partial charge in [0.05, 0.1) is 21.7 Å². The Morgan fingerprint density at radius 3 is 2.27 bits per heavy atom. The maximum atomic E-state index is 4.74. The highest BCUT2D eigenvalue weighted by Crippen LogP contribution is 2.42. The van der Waals surface area contributed by atoms with E-state index in [-0.39, 0.29) is 10.8 Å². The highest BCUT2D eigenvalue weighted by molar-refractivity contribution is 5.78. The van der Waals surface area contributed by atoms with E-state index in [4.69, 9.17) is 4.98 Å². The third-order valence-corrected chi connectivity index (χ3v) is 5.04. The molecule has 1 aromatic carbocycles. The number of benzene rings is 1. The van der Waals surface area contributed by atoms with Crippen molar-refractivity contribution in [2.45, 2.75) is 27.7 Å². The Hall–Kier alpha value is -2.36. The van der Waals surface area contributed by atoms with E-state index in [2.05, 4.69) is 54.8 Å². The summed E-state index contributed by atoms with van der Waals surface area (Å²) in [6, 6.07) is 8.03. The van der Waals surface area contributed by atoms with Gasteiger partial charge in [-0.3, -0.25) is 0 Å². The molecule has 0 amide bonds. The van der Waals surface area contributed by atoms with Crippen LogP contribution in [0.4, 0.5) is 0 Å². The molecule has 0 aliphatic heterocycles. The fourth-order valence-electron chi connectivity index (χ4n) is 2.87. The van der Waals surface area contributed by atoms with E-state index in [0.717, 1.165) is 33.4 Å². The first-order valence-electron chi connectivity index (χ1n) is 7.63. The van der Waals surface area contributed by atoms with Crippen molar-refractivity contribution in [3.05, 3.63) is 35.0 Å². The Balaban J connectivity index is 1.92. The number of hydrogen-bond acceptors (Lipinski definition) is 2. The molecule has 1 aliphatic rings. The molecule has 2 heterocycles.